The van der Waals surface area contributed by atoms with Crippen molar-refractivity contribution in [3.8, 4) is 5.75 Å². The van der Waals surface area contributed by atoms with Crippen LogP contribution in [-0.2, 0) is 4.79 Å². The molecule has 1 aromatic rings. The van der Waals surface area contributed by atoms with E-state index in [-0.39, 0.29) is 17.6 Å². The Morgan fingerprint density at radius 3 is 2.81 bits per heavy atom. The molecule has 2 saturated carbocycles. The number of nitrogens with zero attached hydrogens (tertiary/aromatic N) is 1. The van der Waals surface area contributed by atoms with Gasteiger partial charge in [0.15, 0.2) is 0 Å². The molecule has 3 fully saturated rings. The first-order valence-electron chi connectivity index (χ1n) is 8.32. The van der Waals surface area contributed by atoms with Gasteiger partial charge in [0.25, 0.3) is 0 Å². The Morgan fingerprint density at radius 2 is 2.05 bits per heavy atom. The van der Waals surface area contributed by atoms with Crippen LogP contribution >= 0.6 is 0 Å². The smallest absolute Gasteiger partial charge is 0.229 e. The van der Waals surface area contributed by atoms with Crippen molar-refractivity contribution in [2.45, 2.75) is 50.7 Å². The minimum atomic E-state index is -0.0168. The van der Waals surface area contributed by atoms with Crippen LogP contribution in [0.25, 0.3) is 0 Å². The molecule has 5 rings (SSSR count). The maximum Gasteiger partial charge on any atom is 0.229 e. The lowest BCUT2D eigenvalue weighted by Crippen LogP contribution is -2.41. The van der Waals surface area contributed by atoms with Gasteiger partial charge >= 0.3 is 0 Å². The summed E-state index contributed by atoms with van der Waals surface area (Å²) in [6, 6.07) is 8.50. The molecule has 3 heteroatoms. The zero-order chi connectivity index (χ0) is 14.0. The molecule has 1 saturated heterocycles. The molecule has 2 heterocycles. The average molecular weight is 283 g/mol. The number of likely N-dealkylation sites (tertiary alicyclic amines) is 1. The van der Waals surface area contributed by atoms with Gasteiger partial charge in [-0.3, -0.25) is 4.79 Å². The van der Waals surface area contributed by atoms with Crippen LogP contribution in [0, 0.1) is 11.3 Å². The molecule has 110 valence electrons. The number of carbonyl (C=O) groups is 1. The van der Waals surface area contributed by atoms with Gasteiger partial charge in [-0.1, -0.05) is 18.2 Å². The third-order valence-electron chi connectivity index (χ3n) is 6.29. The number of amides is 1. The van der Waals surface area contributed by atoms with E-state index < -0.39 is 0 Å². The number of para-hydroxylation sites is 1. The third kappa shape index (κ3) is 1.58. The molecule has 1 aromatic carbocycles. The highest BCUT2D eigenvalue weighted by molar-refractivity contribution is 5.84. The molecule has 0 spiro atoms. The van der Waals surface area contributed by atoms with Gasteiger partial charge < -0.3 is 9.64 Å². The summed E-state index contributed by atoms with van der Waals surface area (Å²) in [6.45, 7) is 0.782. The second-order valence-electron chi connectivity index (χ2n) is 7.41. The first kappa shape index (κ1) is 12.1. The first-order chi connectivity index (χ1) is 10.3. The molecule has 1 amide bonds. The maximum absolute atomic E-state index is 13.3. The number of ether oxygens (including phenoxy) is 1. The topological polar surface area (TPSA) is 29.5 Å². The van der Waals surface area contributed by atoms with Gasteiger partial charge in [-0.2, -0.15) is 0 Å². The summed E-state index contributed by atoms with van der Waals surface area (Å²) >= 11 is 0. The summed E-state index contributed by atoms with van der Waals surface area (Å²) in [6.07, 6.45) is 7.08. The predicted octanol–water partition coefficient (Wildman–Crippen LogP) is 3.30. The Kier molecular flexibility index (Phi) is 2.31. The third-order valence-corrected chi connectivity index (χ3v) is 6.29. The van der Waals surface area contributed by atoms with Crippen molar-refractivity contribution in [1.82, 2.24) is 4.90 Å². The molecule has 0 radical (unpaired) electrons. The highest BCUT2D eigenvalue weighted by Crippen LogP contribution is 2.56. The van der Waals surface area contributed by atoms with E-state index in [4.69, 9.17) is 4.74 Å². The minimum Gasteiger partial charge on any atom is -0.488 e. The quantitative estimate of drug-likeness (QED) is 0.791. The van der Waals surface area contributed by atoms with Gasteiger partial charge in [0.1, 0.15) is 11.9 Å². The second-order valence-corrected chi connectivity index (χ2v) is 7.41. The highest BCUT2D eigenvalue weighted by Gasteiger charge is 2.54. The molecular weight excluding hydrogens is 262 g/mol. The van der Waals surface area contributed by atoms with Crippen LogP contribution in [0.2, 0.25) is 0 Å². The average Bonchev–Trinajstić information content (AvgIpc) is 3.21. The van der Waals surface area contributed by atoms with E-state index in [0.717, 1.165) is 43.9 Å². The van der Waals surface area contributed by atoms with Crippen LogP contribution in [0.4, 0.5) is 0 Å². The molecular formula is C18H21NO2. The highest BCUT2D eigenvalue weighted by atomic mass is 16.5. The van der Waals surface area contributed by atoms with Crippen molar-refractivity contribution >= 4 is 5.91 Å². The van der Waals surface area contributed by atoms with E-state index in [1.54, 1.807) is 0 Å². The Morgan fingerprint density at radius 1 is 1.24 bits per heavy atom. The van der Waals surface area contributed by atoms with Crippen LogP contribution in [0.5, 0.6) is 5.75 Å². The Balaban J connectivity index is 1.50. The van der Waals surface area contributed by atoms with Gasteiger partial charge in [-0.15, -0.1) is 0 Å². The summed E-state index contributed by atoms with van der Waals surface area (Å²) in [5.74, 6) is 2.23. The summed E-state index contributed by atoms with van der Waals surface area (Å²) < 4.78 is 6.05. The maximum atomic E-state index is 13.3. The standard InChI is InChI=1S/C18H21NO2/c20-17(18-7-5-12(10-18)6-8-18)19-11-13-9-15(19)14-3-1-2-4-16(14)21-13/h1-4,12-13,15H,5-11H2/t12?,13-,15-,18?/m0/s1. The molecule has 0 N–H and O–H groups in total. The van der Waals surface area contributed by atoms with Crippen molar-refractivity contribution in [3.05, 3.63) is 29.8 Å². The fourth-order valence-corrected chi connectivity index (χ4v) is 5.24. The summed E-state index contributed by atoms with van der Waals surface area (Å²) in [5, 5.41) is 0. The van der Waals surface area contributed by atoms with Crippen LogP contribution in [0.1, 0.15) is 50.1 Å². The summed E-state index contributed by atoms with van der Waals surface area (Å²) in [5.41, 5.74) is 1.19. The van der Waals surface area contributed by atoms with E-state index >= 15 is 0 Å². The minimum absolute atomic E-state index is 0.0168. The Hall–Kier alpha value is -1.51. The van der Waals surface area contributed by atoms with E-state index in [2.05, 4.69) is 17.0 Å². The van der Waals surface area contributed by atoms with Crippen LogP contribution < -0.4 is 4.74 Å². The SMILES string of the molecule is O=C(N1C[C@@H]2C[C@H]1c1ccccc1O2)C12CCC(CC1)C2. The molecule has 0 unspecified atom stereocenters. The number of hydrogen-bond acceptors (Lipinski definition) is 2. The molecule has 2 aliphatic heterocycles. The zero-order valence-corrected chi connectivity index (χ0v) is 12.3. The summed E-state index contributed by atoms with van der Waals surface area (Å²) in [7, 11) is 0. The number of hydrogen-bond donors (Lipinski definition) is 0. The largest absolute Gasteiger partial charge is 0.488 e. The Labute approximate surface area is 125 Å². The molecule has 0 aromatic heterocycles. The van der Waals surface area contributed by atoms with E-state index in [9.17, 15) is 4.79 Å². The molecule has 21 heavy (non-hydrogen) atoms. The van der Waals surface area contributed by atoms with Gasteiger partial charge in [0.2, 0.25) is 5.91 Å². The van der Waals surface area contributed by atoms with Crippen molar-refractivity contribution in [2.75, 3.05) is 6.54 Å². The lowest BCUT2D eigenvalue weighted by atomic mass is 9.82. The van der Waals surface area contributed by atoms with Crippen molar-refractivity contribution in [1.29, 1.82) is 0 Å². The molecule has 2 aliphatic carbocycles. The van der Waals surface area contributed by atoms with Crippen molar-refractivity contribution < 1.29 is 9.53 Å². The second kappa shape index (κ2) is 4.02. The monoisotopic (exact) mass is 283 g/mol. The van der Waals surface area contributed by atoms with Gasteiger partial charge in [-0.25, -0.2) is 0 Å². The fraction of sp³-hybridized carbons (Fsp3) is 0.611. The number of carbonyl (C=O) groups excluding carboxylic acids is 1. The van der Waals surface area contributed by atoms with E-state index in [1.165, 1.54) is 18.4 Å². The normalized spacial score (nSPS) is 39.2. The summed E-state index contributed by atoms with van der Waals surface area (Å²) in [4.78, 5) is 15.4. The zero-order valence-electron chi connectivity index (χ0n) is 12.3. The molecule has 4 bridgehead atoms. The van der Waals surface area contributed by atoms with Gasteiger partial charge in [0.05, 0.1) is 12.6 Å². The number of benzene rings is 1. The number of rotatable bonds is 1. The van der Waals surface area contributed by atoms with E-state index in [0.29, 0.717) is 5.91 Å². The molecule has 2 atom stereocenters. The number of fused-ring (bicyclic) bond motifs is 6. The van der Waals surface area contributed by atoms with Crippen LogP contribution in [0.3, 0.4) is 0 Å². The van der Waals surface area contributed by atoms with Gasteiger partial charge in [0, 0.05) is 17.4 Å². The van der Waals surface area contributed by atoms with Crippen molar-refractivity contribution in [2.24, 2.45) is 11.3 Å². The Bertz CT molecular complexity index is 603. The van der Waals surface area contributed by atoms with Crippen LogP contribution in [-0.4, -0.2) is 23.5 Å². The van der Waals surface area contributed by atoms with E-state index in [1.807, 2.05) is 12.1 Å². The van der Waals surface area contributed by atoms with Crippen LogP contribution in [0.15, 0.2) is 24.3 Å². The van der Waals surface area contributed by atoms with Gasteiger partial charge in [-0.05, 0) is 44.1 Å². The lowest BCUT2D eigenvalue weighted by molar-refractivity contribution is -0.142. The fourth-order valence-electron chi connectivity index (χ4n) is 5.24. The van der Waals surface area contributed by atoms with Crippen molar-refractivity contribution in [3.63, 3.8) is 0 Å². The lowest BCUT2D eigenvalue weighted by Gasteiger charge is -2.34. The molecule has 4 aliphatic rings. The first-order valence-corrected chi connectivity index (χ1v) is 8.32. The molecule has 3 nitrogen and oxygen atoms in total. The predicted molar refractivity (Wildman–Crippen MR) is 78.9 cm³/mol.